The number of fused-ring (bicyclic) bond motifs is 1. The number of carbonyl (C=O) groups excluding carboxylic acids is 1. The molecule has 0 atom stereocenters. The van der Waals surface area contributed by atoms with Gasteiger partial charge in [-0.15, -0.1) is 0 Å². The third kappa shape index (κ3) is 4.71. The van der Waals surface area contributed by atoms with Crippen LogP contribution in [0.25, 0.3) is 0 Å². The quantitative estimate of drug-likeness (QED) is 0.604. The number of amides is 1. The number of rotatable bonds is 4. The average molecular weight is 399 g/mol. The summed E-state index contributed by atoms with van der Waals surface area (Å²) < 4.78 is 29.7. The molecule has 0 aliphatic carbocycles. The van der Waals surface area contributed by atoms with Gasteiger partial charge in [-0.1, -0.05) is 5.16 Å². The van der Waals surface area contributed by atoms with E-state index in [9.17, 15) is 13.2 Å². The van der Waals surface area contributed by atoms with Crippen LogP contribution in [0.1, 0.15) is 38.8 Å². The SMILES string of the molecule is Cc1noc(C)c1CNC(=O)c1n[nH]c2c1CCN(S(C)(=O)=O)C2.O=CO. The number of carboxylic acid groups (broad SMARTS) is 1. The molecule has 0 radical (unpaired) electrons. The van der Waals surface area contributed by atoms with Gasteiger partial charge in [-0.3, -0.25) is 14.7 Å². The second-order valence-corrected chi connectivity index (χ2v) is 7.95. The van der Waals surface area contributed by atoms with Gasteiger partial charge in [0, 0.05) is 24.2 Å². The molecule has 0 spiro atoms. The third-order valence-electron chi connectivity index (χ3n) is 4.19. The lowest BCUT2D eigenvalue weighted by molar-refractivity contribution is -0.122. The zero-order valence-electron chi connectivity index (χ0n) is 15.1. The van der Waals surface area contributed by atoms with Crippen molar-refractivity contribution in [2.45, 2.75) is 33.4 Å². The van der Waals surface area contributed by atoms with Gasteiger partial charge in [-0.2, -0.15) is 9.40 Å². The van der Waals surface area contributed by atoms with E-state index in [2.05, 4.69) is 20.7 Å². The fraction of sp³-hybridized carbons (Fsp3) is 0.467. The van der Waals surface area contributed by atoms with E-state index < -0.39 is 10.0 Å². The lowest BCUT2D eigenvalue weighted by Gasteiger charge is -2.24. The Hall–Kier alpha value is -2.73. The summed E-state index contributed by atoms with van der Waals surface area (Å²) in [6.45, 7) is 4.21. The van der Waals surface area contributed by atoms with E-state index in [1.165, 1.54) is 10.6 Å². The maximum absolute atomic E-state index is 12.4. The first-order valence-corrected chi connectivity index (χ1v) is 9.82. The molecule has 1 aliphatic rings. The highest BCUT2D eigenvalue weighted by atomic mass is 32.2. The molecule has 3 heterocycles. The highest BCUT2D eigenvalue weighted by Crippen LogP contribution is 2.22. The number of aromatic amines is 1. The zero-order chi connectivity index (χ0) is 20.2. The normalized spacial score (nSPS) is 14.0. The number of sulfonamides is 1. The topological polar surface area (TPSA) is 158 Å². The monoisotopic (exact) mass is 399 g/mol. The molecule has 27 heavy (non-hydrogen) atoms. The van der Waals surface area contributed by atoms with Gasteiger partial charge in [0.1, 0.15) is 5.76 Å². The molecular weight excluding hydrogens is 378 g/mol. The Morgan fingerprint density at radius 3 is 2.67 bits per heavy atom. The lowest BCUT2D eigenvalue weighted by atomic mass is 10.1. The number of hydrogen-bond donors (Lipinski definition) is 3. The van der Waals surface area contributed by atoms with Crippen molar-refractivity contribution in [2.24, 2.45) is 0 Å². The van der Waals surface area contributed by atoms with Crippen molar-refractivity contribution >= 4 is 22.4 Å². The summed E-state index contributed by atoms with van der Waals surface area (Å²) in [5, 5.41) is 20.4. The minimum Gasteiger partial charge on any atom is -0.483 e. The summed E-state index contributed by atoms with van der Waals surface area (Å²) in [6, 6.07) is 0. The van der Waals surface area contributed by atoms with Crippen molar-refractivity contribution in [3.63, 3.8) is 0 Å². The predicted octanol–water partition coefficient (Wildman–Crippen LogP) is -0.0370. The molecule has 11 nitrogen and oxygen atoms in total. The van der Waals surface area contributed by atoms with Gasteiger partial charge in [0.25, 0.3) is 12.4 Å². The summed E-state index contributed by atoms with van der Waals surface area (Å²) in [5.74, 6) is 0.362. The van der Waals surface area contributed by atoms with Crippen LogP contribution in [0.4, 0.5) is 0 Å². The van der Waals surface area contributed by atoms with Crippen LogP contribution in [0.3, 0.4) is 0 Å². The molecule has 148 valence electrons. The van der Waals surface area contributed by atoms with Crippen LogP contribution in [0.5, 0.6) is 0 Å². The smallest absolute Gasteiger partial charge is 0.290 e. The summed E-state index contributed by atoms with van der Waals surface area (Å²) in [6.07, 6.45) is 1.62. The van der Waals surface area contributed by atoms with Crippen LogP contribution in [0, 0.1) is 13.8 Å². The van der Waals surface area contributed by atoms with Gasteiger partial charge in [-0.05, 0) is 20.3 Å². The van der Waals surface area contributed by atoms with Crippen molar-refractivity contribution < 1.29 is 27.6 Å². The highest BCUT2D eigenvalue weighted by molar-refractivity contribution is 7.88. The van der Waals surface area contributed by atoms with Crippen LogP contribution in [0.2, 0.25) is 0 Å². The van der Waals surface area contributed by atoms with Gasteiger partial charge >= 0.3 is 0 Å². The molecule has 2 aromatic heterocycles. The van der Waals surface area contributed by atoms with E-state index in [0.717, 1.165) is 16.8 Å². The Balaban J connectivity index is 0.000000817. The zero-order valence-corrected chi connectivity index (χ0v) is 16.0. The molecule has 0 unspecified atom stereocenters. The molecular formula is C15H21N5O6S. The van der Waals surface area contributed by atoms with Gasteiger partial charge in [0.2, 0.25) is 10.0 Å². The van der Waals surface area contributed by atoms with Gasteiger partial charge in [0.05, 0.1) is 24.2 Å². The van der Waals surface area contributed by atoms with Crippen molar-refractivity contribution in [2.75, 3.05) is 12.8 Å². The first-order chi connectivity index (χ1) is 12.7. The molecule has 0 bridgehead atoms. The Bertz CT molecular complexity index is 913. The largest absolute Gasteiger partial charge is 0.483 e. The summed E-state index contributed by atoms with van der Waals surface area (Å²) >= 11 is 0. The van der Waals surface area contributed by atoms with E-state index >= 15 is 0 Å². The fourth-order valence-electron chi connectivity index (χ4n) is 2.77. The number of carbonyl (C=O) groups is 2. The second-order valence-electron chi connectivity index (χ2n) is 5.97. The number of nitrogens with zero attached hydrogens (tertiary/aromatic N) is 3. The van der Waals surface area contributed by atoms with Crippen LogP contribution in [-0.2, 0) is 34.3 Å². The number of H-pyrrole nitrogens is 1. The van der Waals surface area contributed by atoms with E-state index in [-0.39, 0.29) is 18.9 Å². The molecule has 2 aromatic rings. The van der Waals surface area contributed by atoms with E-state index in [1.807, 2.05) is 6.92 Å². The Kier molecular flexibility index (Phi) is 6.33. The van der Waals surface area contributed by atoms with E-state index in [1.54, 1.807) is 6.92 Å². The van der Waals surface area contributed by atoms with Crippen molar-refractivity contribution in [1.29, 1.82) is 0 Å². The minimum absolute atomic E-state index is 0.207. The molecule has 3 N–H and O–H groups in total. The summed E-state index contributed by atoms with van der Waals surface area (Å²) in [5.41, 5.74) is 3.32. The molecule has 0 saturated heterocycles. The average Bonchev–Trinajstić information content (AvgIpc) is 3.16. The van der Waals surface area contributed by atoms with Crippen LogP contribution in [0.15, 0.2) is 4.52 Å². The maximum atomic E-state index is 12.4. The van der Waals surface area contributed by atoms with Gasteiger partial charge in [0.15, 0.2) is 5.69 Å². The Morgan fingerprint density at radius 2 is 2.11 bits per heavy atom. The van der Waals surface area contributed by atoms with E-state index in [4.69, 9.17) is 14.4 Å². The van der Waals surface area contributed by atoms with E-state index in [0.29, 0.717) is 36.7 Å². The fourth-order valence-corrected chi connectivity index (χ4v) is 3.56. The lowest BCUT2D eigenvalue weighted by Crippen LogP contribution is -2.35. The number of aromatic nitrogens is 3. The van der Waals surface area contributed by atoms with Crippen LogP contribution < -0.4 is 5.32 Å². The van der Waals surface area contributed by atoms with Crippen molar-refractivity contribution in [3.8, 4) is 0 Å². The number of aryl methyl sites for hydroxylation is 2. The highest BCUT2D eigenvalue weighted by Gasteiger charge is 2.29. The van der Waals surface area contributed by atoms with Gasteiger partial charge < -0.3 is 14.9 Å². The third-order valence-corrected chi connectivity index (χ3v) is 5.44. The predicted molar refractivity (Wildman–Crippen MR) is 93.4 cm³/mol. The molecule has 1 aliphatic heterocycles. The van der Waals surface area contributed by atoms with Crippen molar-refractivity contribution in [1.82, 2.24) is 25.0 Å². The maximum Gasteiger partial charge on any atom is 0.290 e. The molecule has 3 rings (SSSR count). The Morgan fingerprint density at radius 1 is 1.44 bits per heavy atom. The molecule has 0 aromatic carbocycles. The minimum atomic E-state index is -3.26. The first kappa shape index (κ1) is 20.6. The second kappa shape index (κ2) is 8.31. The number of hydrogen-bond acceptors (Lipinski definition) is 7. The van der Waals surface area contributed by atoms with Gasteiger partial charge in [-0.25, -0.2) is 8.42 Å². The van der Waals surface area contributed by atoms with Crippen LogP contribution in [-0.4, -0.2) is 58.4 Å². The molecule has 0 saturated carbocycles. The van der Waals surface area contributed by atoms with Crippen LogP contribution >= 0.6 is 0 Å². The molecule has 12 heteroatoms. The first-order valence-electron chi connectivity index (χ1n) is 7.98. The number of nitrogens with one attached hydrogen (secondary N) is 2. The summed E-state index contributed by atoms with van der Waals surface area (Å²) in [4.78, 5) is 20.8. The molecule has 1 amide bonds. The Labute approximate surface area is 155 Å². The summed E-state index contributed by atoms with van der Waals surface area (Å²) in [7, 11) is -3.26. The van der Waals surface area contributed by atoms with Crippen molar-refractivity contribution in [3.05, 3.63) is 34.0 Å². The standard InChI is InChI=1S/C14H19N5O4S.CH2O2/c1-8-11(9(2)23-18-8)6-15-14(20)13-10-4-5-19(24(3,21)22)7-12(10)16-17-13;2-1-3/h4-7H2,1-3H3,(H,15,20)(H,16,17);1H,(H,2,3). The molecule has 0 fully saturated rings.